The maximum atomic E-state index is 12.9. The van der Waals surface area contributed by atoms with Crippen molar-refractivity contribution >= 4 is 21.7 Å². The number of sulfonamides is 1. The molecule has 34 heavy (non-hydrogen) atoms. The van der Waals surface area contributed by atoms with Crippen molar-refractivity contribution in [3.8, 4) is 11.4 Å². The van der Waals surface area contributed by atoms with Crippen LogP contribution < -0.4 is 4.90 Å². The summed E-state index contributed by atoms with van der Waals surface area (Å²) in [5.74, 6) is 2.39. The number of rotatable bonds is 6. The minimum atomic E-state index is -3.52. The number of aromatic nitrogens is 3. The molecular weight excluding hydrogens is 456 g/mol. The average molecular weight is 483 g/mol. The van der Waals surface area contributed by atoms with Crippen molar-refractivity contribution in [2.75, 3.05) is 45.2 Å². The first kappa shape index (κ1) is 22.5. The standard InChI is InChI=1S/C23H26N6O4S/c1-27(2)34(31,32)19-8-5-17(6-9-19)23(30)29-13-11-28(12-14-29)20-10-7-18(15-24-20)21-25-22(33-26-21)16-3-4-16/h5-10,15-16H,3-4,11-14H2,1-2H3. The van der Waals surface area contributed by atoms with Crippen LogP contribution in [0.4, 0.5) is 5.82 Å². The summed E-state index contributed by atoms with van der Waals surface area (Å²) < 4.78 is 30.9. The van der Waals surface area contributed by atoms with E-state index < -0.39 is 10.0 Å². The van der Waals surface area contributed by atoms with Gasteiger partial charge in [-0.2, -0.15) is 4.98 Å². The molecule has 10 nitrogen and oxygen atoms in total. The fourth-order valence-corrected chi connectivity index (χ4v) is 4.76. The van der Waals surface area contributed by atoms with Crippen molar-refractivity contribution in [1.82, 2.24) is 24.3 Å². The van der Waals surface area contributed by atoms with E-state index >= 15 is 0 Å². The van der Waals surface area contributed by atoms with Crippen LogP contribution in [0.15, 0.2) is 52.0 Å². The number of amides is 1. The second kappa shape index (κ2) is 8.80. The Morgan fingerprint density at radius 2 is 1.74 bits per heavy atom. The van der Waals surface area contributed by atoms with Crippen LogP contribution in [-0.2, 0) is 10.0 Å². The molecule has 0 bridgehead atoms. The van der Waals surface area contributed by atoms with E-state index in [0.717, 1.165) is 28.5 Å². The Bertz CT molecular complexity index is 1280. The monoisotopic (exact) mass is 482 g/mol. The third kappa shape index (κ3) is 4.40. The molecule has 2 fully saturated rings. The molecule has 1 saturated heterocycles. The summed E-state index contributed by atoms with van der Waals surface area (Å²) in [4.78, 5) is 26.0. The normalized spacial score (nSPS) is 16.8. The van der Waals surface area contributed by atoms with Gasteiger partial charge in [0.1, 0.15) is 5.82 Å². The zero-order valence-electron chi connectivity index (χ0n) is 19.1. The second-order valence-corrected chi connectivity index (χ2v) is 10.9. The summed E-state index contributed by atoms with van der Waals surface area (Å²) in [7, 11) is -0.564. The molecule has 2 aromatic heterocycles. The van der Waals surface area contributed by atoms with Crippen molar-refractivity contribution in [3.63, 3.8) is 0 Å². The molecule has 11 heteroatoms. The predicted molar refractivity (Wildman–Crippen MR) is 125 cm³/mol. The van der Waals surface area contributed by atoms with E-state index in [1.807, 2.05) is 12.1 Å². The summed E-state index contributed by atoms with van der Waals surface area (Å²) in [6, 6.07) is 9.95. The maximum absolute atomic E-state index is 12.9. The maximum Gasteiger partial charge on any atom is 0.253 e. The quantitative estimate of drug-likeness (QED) is 0.526. The summed E-state index contributed by atoms with van der Waals surface area (Å²) in [6.07, 6.45) is 3.96. The van der Waals surface area contributed by atoms with Gasteiger partial charge in [0.2, 0.25) is 21.7 Å². The third-order valence-electron chi connectivity index (χ3n) is 6.15. The molecule has 1 aliphatic carbocycles. The Balaban J connectivity index is 1.19. The van der Waals surface area contributed by atoms with Crippen LogP contribution in [0.5, 0.6) is 0 Å². The van der Waals surface area contributed by atoms with Crippen molar-refractivity contribution in [3.05, 3.63) is 54.0 Å². The van der Waals surface area contributed by atoms with Crippen LogP contribution in [0.1, 0.15) is 35.0 Å². The number of carbonyl (C=O) groups excluding carboxylic acids is 1. The van der Waals surface area contributed by atoms with Gasteiger partial charge in [-0.05, 0) is 49.2 Å². The Morgan fingerprint density at radius 3 is 2.32 bits per heavy atom. The number of piperazine rings is 1. The molecule has 3 heterocycles. The van der Waals surface area contributed by atoms with Crippen molar-refractivity contribution in [2.45, 2.75) is 23.7 Å². The Hall–Kier alpha value is -3.31. The number of benzene rings is 1. The van der Waals surface area contributed by atoms with Gasteiger partial charge in [-0.25, -0.2) is 17.7 Å². The zero-order valence-corrected chi connectivity index (χ0v) is 19.9. The largest absolute Gasteiger partial charge is 0.353 e. The molecule has 1 amide bonds. The highest BCUT2D eigenvalue weighted by Gasteiger charge is 2.30. The zero-order chi connectivity index (χ0) is 23.9. The number of anilines is 1. The van der Waals surface area contributed by atoms with Gasteiger partial charge in [-0.15, -0.1) is 0 Å². The fourth-order valence-electron chi connectivity index (χ4n) is 3.86. The lowest BCUT2D eigenvalue weighted by Gasteiger charge is -2.35. The molecule has 0 atom stereocenters. The molecule has 5 rings (SSSR count). The molecule has 178 valence electrons. The highest BCUT2D eigenvalue weighted by molar-refractivity contribution is 7.89. The van der Waals surface area contributed by atoms with Gasteiger partial charge in [0.05, 0.1) is 4.90 Å². The van der Waals surface area contributed by atoms with E-state index in [0.29, 0.717) is 49.4 Å². The molecule has 1 saturated carbocycles. The Kier molecular flexibility index (Phi) is 5.82. The van der Waals surface area contributed by atoms with E-state index in [-0.39, 0.29) is 10.8 Å². The van der Waals surface area contributed by atoms with E-state index in [4.69, 9.17) is 4.52 Å². The van der Waals surface area contributed by atoms with Crippen LogP contribution in [-0.4, -0.2) is 78.9 Å². The van der Waals surface area contributed by atoms with Gasteiger partial charge in [-0.3, -0.25) is 4.79 Å². The topological polar surface area (TPSA) is 113 Å². The van der Waals surface area contributed by atoms with Crippen LogP contribution in [0.25, 0.3) is 11.4 Å². The lowest BCUT2D eigenvalue weighted by atomic mass is 10.2. The number of hydrogen-bond acceptors (Lipinski definition) is 8. The molecule has 0 spiro atoms. The first-order chi connectivity index (χ1) is 16.3. The summed E-state index contributed by atoms with van der Waals surface area (Å²) >= 11 is 0. The van der Waals surface area contributed by atoms with Gasteiger partial charge in [0.15, 0.2) is 0 Å². The second-order valence-electron chi connectivity index (χ2n) is 8.73. The summed E-state index contributed by atoms with van der Waals surface area (Å²) in [5.41, 5.74) is 1.28. The van der Waals surface area contributed by atoms with Crippen LogP contribution >= 0.6 is 0 Å². The van der Waals surface area contributed by atoms with E-state index in [1.54, 1.807) is 23.2 Å². The summed E-state index contributed by atoms with van der Waals surface area (Å²) in [5, 5.41) is 4.06. The van der Waals surface area contributed by atoms with Crippen LogP contribution in [0, 0.1) is 0 Å². The first-order valence-corrected chi connectivity index (χ1v) is 12.6. The Labute approximate surface area is 198 Å². The molecule has 0 unspecified atom stereocenters. The van der Waals surface area contributed by atoms with Gasteiger partial charge in [-0.1, -0.05) is 5.16 Å². The number of hydrogen-bond donors (Lipinski definition) is 0. The molecule has 1 aromatic carbocycles. The number of pyridine rings is 1. The molecule has 0 radical (unpaired) electrons. The average Bonchev–Trinajstić information content (AvgIpc) is 3.60. The number of carbonyl (C=O) groups is 1. The van der Waals surface area contributed by atoms with Crippen LogP contribution in [0.2, 0.25) is 0 Å². The predicted octanol–water partition coefficient (Wildman–Crippen LogP) is 2.22. The third-order valence-corrected chi connectivity index (χ3v) is 7.97. The Morgan fingerprint density at radius 1 is 1.03 bits per heavy atom. The minimum absolute atomic E-state index is 0.111. The SMILES string of the molecule is CN(C)S(=O)(=O)c1ccc(C(=O)N2CCN(c3ccc(-c4noc(C5CC5)n4)cn3)CC2)cc1. The molecule has 3 aromatic rings. The van der Waals surface area contributed by atoms with Crippen molar-refractivity contribution in [1.29, 1.82) is 0 Å². The van der Waals surface area contributed by atoms with Crippen molar-refractivity contribution < 1.29 is 17.7 Å². The first-order valence-electron chi connectivity index (χ1n) is 11.2. The smallest absolute Gasteiger partial charge is 0.253 e. The lowest BCUT2D eigenvalue weighted by molar-refractivity contribution is 0.0746. The van der Waals surface area contributed by atoms with Gasteiger partial charge in [0.25, 0.3) is 5.91 Å². The van der Waals surface area contributed by atoms with E-state index in [1.165, 1.54) is 26.2 Å². The van der Waals surface area contributed by atoms with E-state index in [2.05, 4.69) is 20.0 Å². The molecule has 2 aliphatic rings. The molecule has 0 N–H and O–H groups in total. The molecule has 1 aliphatic heterocycles. The number of nitrogens with zero attached hydrogens (tertiary/aromatic N) is 6. The molecular formula is C23H26N6O4S. The lowest BCUT2D eigenvalue weighted by Crippen LogP contribution is -2.49. The fraction of sp³-hybridized carbons (Fsp3) is 0.391. The van der Waals surface area contributed by atoms with Crippen LogP contribution in [0.3, 0.4) is 0 Å². The highest BCUT2D eigenvalue weighted by atomic mass is 32.2. The van der Waals surface area contributed by atoms with Gasteiger partial charge < -0.3 is 14.3 Å². The van der Waals surface area contributed by atoms with E-state index in [9.17, 15) is 13.2 Å². The van der Waals surface area contributed by atoms with Gasteiger partial charge >= 0.3 is 0 Å². The highest BCUT2D eigenvalue weighted by Crippen LogP contribution is 2.39. The minimum Gasteiger partial charge on any atom is -0.353 e. The summed E-state index contributed by atoms with van der Waals surface area (Å²) in [6.45, 7) is 2.41. The van der Waals surface area contributed by atoms with Gasteiger partial charge in [0, 0.05) is 63.5 Å². The van der Waals surface area contributed by atoms with Crippen molar-refractivity contribution in [2.24, 2.45) is 0 Å².